The molecule has 0 atom stereocenters. The third-order valence-corrected chi connectivity index (χ3v) is 3.98. The highest BCUT2D eigenvalue weighted by Gasteiger charge is 2.00. The molecule has 80 valence electrons. The molecule has 0 spiro atoms. The lowest BCUT2D eigenvalue weighted by atomic mass is 10.2. The number of nitrogens with zero attached hydrogens (tertiary/aromatic N) is 1. The van der Waals surface area contributed by atoms with E-state index in [0.29, 0.717) is 0 Å². The molecule has 0 aliphatic carbocycles. The Balaban J connectivity index is 1.83. The maximum atomic E-state index is 4.41. The third kappa shape index (κ3) is 2.87. The summed E-state index contributed by atoms with van der Waals surface area (Å²) in [5, 5.41) is 11.0. The van der Waals surface area contributed by atoms with Gasteiger partial charge >= 0.3 is 0 Å². The van der Waals surface area contributed by atoms with E-state index >= 15 is 0 Å². The molecule has 0 fully saturated rings. The minimum Gasteiger partial charge on any atom is -0.307 e. The van der Waals surface area contributed by atoms with Crippen LogP contribution in [0.25, 0.3) is 0 Å². The van der Waals surface area contributed by atoms with Crippen LogP contribution in [0.4, 0.5) is 0 Å². The quantitative estimate of drug-likeness (QED) is 0.885. The molecule has 0 bridgehead atoms. The van der Waals surface area contributed by atoms with Gasteiger partial charge in [-0.05, 0) is 35.7 Å². The molecule has 0 aliphatic rings. The maximum Gasteiger partial charge on any atom is 0.0897 e. The van der Waals surface area contributed by atoms with Crippen molar-refractivity contribution in [3.63, 3.8) is 0 Å². The van der Waals surface area contributed by atoms with Crippen molar-refractivity contribution >= 4 is 22.7 Å². The van der Waals surface area contributed by atoms with Crippen molar-refractivity contribution in [2.45, 2.75) is 26.9 Å². The van der Waals surface area contributed by atoms with Crippen LogP contribution >= 0.6 is 22.7 Å². The Morgan fingerprint density at radius 1 is 1.20 bits per heavy atom. The molecule has 15 heavy (non-hydrogen) atoms. The van der Waals surface area contributed by atoms with Crippen LogP contribution in [0, 0.1) is 13.8 Å². The van der Waals surface area contributed by atoms with E-state index in [0.717, 1.165) is 23.8 Å². The Labute approximate surface area is 98.0 Å². The number of thiophene rings is 1. The zero-order valence-electron chi connectivity index (χ0n) is 8.91. The van der Waals surface area contributed by atoms with Crippen molar-refractivity contribution in [1.29, 1.82) is 0 Å². The van der Waals surface area contributed by atoms with Crippen molar-refractivity contribution in [3.05, 3.63) is 38.0 Å². The molecule has 0 aromatic carbocycles. The van der Waals surface area contributed by atoms with E-state index in [9.17, 15) is 0 Å². The summed E-state index contributed by atoms with van der Waals surface area (Å²) in [5.74, 6) is 0. The normalized spacial score (nSPS) is 10.8. The van der Waals surface area contributed by atoms with Gasteiger partial charge in [0, 0.05) is 18.5 Å². The number of nitrogens with one attached hydrogen (secondary N) is 1. The first-order valence-corrected chi connectivity index (χ1v) is 6.71. The molecule has 2 aromatic rings. The van der Waals surface area contributed by atoms with Gasteiger partial charge in [0.1, 0.15) is 0 Å². The van der Waals surface area contributed by atoms with E-state index in [1.807, 2.05) is 6.92 Å². The van der Waals surface area contributed by atoms with Gasteiger partial charge < -0.3 is 5.32 Å². The summed E-state index contributed by atoms with van der Waals surface area (Å²) >= 11 is 3.47. The first-order valence-electron chi connectivity index (χ1n) is 4.89. The molecule has 2 rings (SSSR count). The predicted octanol–water partition coefficient (Wildman–Crippen LogP) is 3.11. The van der Waals surface area contributed by atoms with E-state index in [-0.39, 0.29) is 0 Å². The average Bonchev–Trinajstić information content (AvgIpc) is 2.77. The van der Waals surface area contributed by atoms with Crippen molar-refractivity contribution < 1.29 is 0 Å². The van der Waals surface area contributed by atoms with Gasteiger partial charge in [-0.2, -0.15) is 11.3 Å². The third-order valence-electron chi connectivity index (χ3n) is 2.25. The monoisotopic (exact) mass is 238 g/mol. The molecule has 0 saturated heterocycles. The Morgan fingerprint density at radius 3 is 2.67 bits per heavy atom. The van der Waals surface area contributed by atoms with Gasteiger partial charge in [-0.1, -0.05) is 0 Å². The fourth-order valence-electron chi connectivity index (χ4n) is 1.38. The number of thiazole rings is 1. The highest BCUT2D eigenvalue weighted by molar-refractivity contribution is 7.09. The van der Waals surface area contributed by atoms with Crippen molar-refractivity contribution in [2.24, 2.45) is 0 Å². The fourth-order valence-corrected chi connectivity index (χ4v) is 2.85. The topological polar surface area (TPSA) is 24.9 Å². The van der Waals surface area contributed by atoms with Crippen LogP contribution in [0.1, 0.15) is 21.8 Å². The lowest BCUT2D eigenvalue weighted by Crippen LogP contribution is -2.12. The largest absolute Gasteiger partial charge is 0.307 e. The summed E-state index contributed by atoms with van der Waals surface area (Å²) in [7, 11) is 0. The number of hydrogen-bond donors (Lipinski definition) is 1. The molecule has 0 unspecified atom stereocenters. The Bertz CT molecular complexity index is 431. The van der Waals surface area contributed by atoms with Crippen LogP contribution in [-0.2, 0) is 13.1 Å². The number of hydrogen-bond acceptors (Lipinski definition) is 4. The van der Waals surface area contributed by atoms with Crippen LogP contribution in [-0.4, -0.2) is 4.98 Å². The Hall–Kier alpha value is -0.710. The average molecular weight is 238 g/mol. The molecule has 2 heterocycles. The first kappa shape index (κ1) is 10.8. The molecule has 4 heteroatoms. The van der Waals surface area contributed by atoms with E-state index in [2.05, 4.69) is 33.4 Å². The highest BCUT2D eigenvalue weighted by atomic mass is 32.1. The van der Waals surface area contributed by atoms with Crippen LogP contribution in [0.2, 0.25) is 0 Å². The number of rotatable bonds is 4. The summed E-state index contributed by atoms with van der Waals surface area (Å²) < 4.78 is 0. The summed E-state index contributed by atoms with van der Waals surface area (Å²) in [5.41, 5.74) is 3.92. The van der Waals surface area contributed by atoms with Gasteiger partial charge in [0.15, 0.2) is 0 Å². The Kier molecular flexibility index (Phi) is 3.51. The van der Waals surface area contributed by atoms with Crippen LogP contribution in [0.5, 0.6) is 0 Å². The van der Waals surface area contributed by atoms with E-state index in [4.69, 9.17) is 0 Å². The van der Waals surface area contributed by atoms with Gasteiger partial charge in [0.05, 0.1) is 10.7 Å². The lowest BCUT2D eigenvalue weighted by molar-refractivity contribution is 0.681. The molecule has 1 N–H and O–H groups in total. The molecule has 0 saturated carbocycles. The van der Waals surface area contributed by atoms with Gasteiger partial charge in [-0.3, -0.25) is 0 Å². The van der Waals surface area contributed by atoms with Crippen LogP contribution in [0.15, 0.2) is 16.1 Å². The fraction of sp³-hybridized carbons (Fsp3) is 0.364. The van der Waals surface area contributed by atoms with Crippen molar-refractivity contribution in [1.82, 2.24) is 10.3 Å². The maximum absolute atomic E-state index is 4.41. The van der Waals surface area contributed by atoms with E-state index in [1.54, 1.807) is 22.7 Å². The standard InChI is InChI=1S/C11H14N2S2/c1-8-5-14-6-10(8)3-12-4-11-7-15-9(2)13-11/h5-7,12H,3-4H2,1-2H3. The van der Waals surface area contributed by atoms with Crippen LogP contribution < -0.4 is 5.32 Å². The lowest BCUT2D eigenvalue weighted by Gasteiger charge is -2.01. The highest BCUT2D eigenvalue weighted by Crippen LogP contribution is 2.13. The van der Waals surface area contributed by atoms with E-state index in [1.165, 1.54) is 11.1 Å². The SMILES string of the molecule is Cc1nc(CNCc2cscc2C)cs1. The van der Waals surface area contributed by atoms with Crippen LogP contribution in [0.3, 0.4) is 0 Å². The second-order valence-corrected chi connectivity index (χ2v) is 5.35. The summed E-state index contributed by atoms with van der Waals surface area (Å²) in [6, 6.07) is 0. The minimum absolute atomic E-state index is 0.861. The number of aromatic nitrogens is 1. The van der Waals surface area contributed by atoms with Crippen molar-refractivity contribution in [3.8, 4) is 0 Å². The predicted molar refractivity (Wildman–Crippen MR) is 66.5 cm³/mol. The molecule has 2 nitrogen and oxygen atoms in total. The summed E-state index contributed by atoms with van der Waals surface area (Å²) in [4.78, 5) is 4.41. The molecular weight excluding hydrogens is 224 g/mol. The summed E-state index contributed by atoms with van der Waals surface area (Å²) in [6.07, 6.45) is 0. The van der Waals surface area contributed by atoms with Gasteiger partial charge in [0.2, 0.25) is 0 Å². The zero-order valence-corrected chi connectivity index (χ0v) is 10.5. The molecule has 0 amide bonds. The molecule has 0 aliphatic heterocycles. The second-order valence-electron chi connectivity index (χ2n) is 3.54. The smallest absolute Gasteiger partial charge is 0.0897 e. The zero-order chi connectivity index (χ0) is 10.7. The van der Waals surface area contributed by atoms with Gasteiger partial charge in [-0.25, -0.2) is 4.98 Å². The summed E-state index contributed by atoms with van der Waals surface area (Å²) in [6.45, 7) is 5.99. The van der Waals surface area contributed by atoms with E-state index < -0.39 is 0 Å². The van der Waals surface area contributed by atoms with Crippen molar-refractivity contribution in [2.75, 3.05) is 0 Å². The van der Waals surface area contributed by atoms with Gasteiger partial charge in [0.25, 0.3) is 0 Å². The van der Waals surface area contributed by atoms with Gasteiger partial charge in [-0.15, -0.1) is 11.3 Å². The minimum atomic E-state index is 0.861. The Morgan fingerprint density at radius 2 is 2.07 bits per heavy atom. The second kappa shape index (κ2) is 4.88. The molecule has 2 aromatic heterocycles. The molecule has 0 radical (unpaired) electrons. The first-order chi connectivity index (χ1) is 7.25. The molecular formula is C11H14N2S2. The number of aryl methyl sites for hydroxylation is 2.